The topological polar surface area (TPSA) is 29.3 Å². The smallest absolute Gasteiger partial charge is 0.0525 e. The van der Waals surface area contributed by atoms with Gasteiger partial charge in [-0.2, -0.15) is 0 Å². The van der Waals surface area contributed by atoms with Crippen molar-refractivity contribution in [3.8, 4) is 0 Å². The summed E-state index contributed by atoms with van der Waals surface area (Å²) in [6.07, 6.45) is 0. The van der Waals surface area contributed by atoms with Crippen LogP contribution in [-0.2, 0) is 0 Å². The SMILES string of the molecule is CC(c1ccccc1Cl)N(C)c1ccc([C@@H](C)N)cc1. The number of rotatable bonds is 4. The van der Waals surface area contributed by atoms with E-state index in [1.54, 1.807) is 0 Å². The lowest BCUT2D eigenvalue weighted by molar-refractivity contribution is 0.739. The largest absolute Gasteiger partial charge is 0.368 e. The zero-order chi connectivity index (χ0) is 14.7. The summed E-state index contributed by atoms with van der Waals surface area (Å²) in [5.74, 6) is 0. The molecule has 0 saturated carbocycles. The lowest BCUT2D eigenvalue weighted by atomic mass is 10.1. The Morgan fingerprint density at radius 1 is 1.00 bits per heavy atom. The lowest BCUT2D eigenvalue weighted by Gasteiger charge is -2.28. The summed E-state index contributed by atoms with van der Waals surface area (Å²) in [5, 5.41) is 0.805. The molecule has 3 heteroatoms. The zero-order valence-corrected chi connectivity index (χ0v) is 12.9. The van der Waals surface area contributed by atoms with E-state index in [1.165, 1.54) is 0 Å². The van der Waals surface area contributed by atoms with Crippen LogP contribution in [0.3, 0.4) is 0 Å². The molecule has 2 aromatic rings. The highest BCUT2D eigenvalue weighted by Gasteiger charge is 2.15. The van der Waals surface area contributed by atoms with E-state index in [2.05, 4.69) is 49.2 Å². The normalized spacial score (nSPS) is 13.8. The molecule has 0 aromatic heterocycles. The number of hydrogen-bond acceptors (Lipinski definition) is 2. The zero-order valence-electron chi connectivity index (χ0n) is 12.2. The minimum Gasteiger partial charge on any atom is -0.368 e. The van der Waals surface area contributed by atoms with Gasteiger partial charge in [-0.1, -0.05) is 41.9 Å². The average Bonchev–Trinajstić information content (AvgIpc) is 2.46. The third-order valence-electron chi connectivity index (χ3n) is 3.76. The monoisotopic (exact) mass is 288 g/mol. The number of anilines is 1. The van der Waals surface area contributed by atoms with Gasteiger partial charge in [0, 0.05) is 23.8 Å². The molecule has 0 fully saturated rings. The van der Waals surface area contributed by atoms with Gasteiger partial charge in [0.05, 0.1) is 6.04 Å². The van der Waals surface area contributed by atoms with E-state index in [0.717, 1.165) is 21.8 Å². The summed E-state index contributed by atoms with van der Waals surface area (Å²) in [5.41, 5.74) is 9.31. The molecule has 0 spiro atoms. The van der Waals surface area contributed by atoms with Gasteiger partial charge in [-0.05, 0) is 43.2 Å². The van der Waals surface area contributed by atoms with E-state index in [-0.39, 0.29) is 12.1 Å². The Morgan fingerprint density at radius 3 is 2.15 bits per heavy atom. The van der Waals surface area contributed by atoms with Gasteiger partial charge in [-0.25, -0.2) is 0 Å². The first kappa shape index (κ1) is 14.9. The van der Waals surface area contributed by atoms with Gasteiger partial charge in [0.25, 0.3) is 0 Å². The van der Waals surface area contributed by atoms with E-state index in [1.807, 2.05) is 25.1 Å². The molecule has 2 atom stereocenters. The fourth-order valence-electron chi connectivity index (χ4n) is 2.26. The molecule has 2 N–H and O–H groups in total. The van der Waals surface area contributed by atoms with Crippen LogP contribution in [0.4, 0.5) is 5.69 Å². The molecule has 0 aliphatic rings. The van der Waals surface area contributed by atoms with Gasteiger partial charge in [-0.15, -0.1) is 0 Å². The maximum absolute atomic E-state index is 6.27. The first-order chi connectivity index (χ1) is 9.50. The molecule has 0 heterocycles. The minimum absolute atomic E-state index is 0.0651. The van der Waals surface area contributed by atoms with Gasteiger partial charge in [-0.3, -0.25) is 0 Å². The predicted octanol–water partition coefficient (Wildman–Crippen LogP) is 4.56. The number of nitrogens with two attached hydrogens (primary N) is 1. The molecule has 0 aliphatic heterocycles. The van der Waals surface area contributed by atoms with Crippen LogP contribution < -0.4 is 10.6 Å². The van der Waals surface area contributed by atoms with Gasteiger partial charge in [0.2, 0.25) is 0 Å². The van der Waals surface area contributed by atoms with Crippen molar-refractivity contribution in [3.05, 3.63) is 64.7 Å². The Morgan fingerprint density at radius 2 is 1.60 bits per heavy atom. The van der Waals surface area contributed by atoms with Crippen molar-refractivity contribution in [1.82, 2.24) is 0 Å². The molecular weight excluding hydrogens is 268 g/mol. The summed E-state index contributed by atoms with van der Waals surface area (Å²) < 4.78 is 0. The molecule has 0 bridgehead atoms. The lowest BCUT2D eigenvalue weighted by Crippen LogP contribution is -2.21. The second kappa shape index (κ2) is 6.29. The van der Waals surface area contributed by atoms with Crippen molar-refractivity contribution in [3.63, 3.8) is 0 Å². The highest BCUT2D eigenvalue weighted by molar-refractivity contribution is 6.31. The van der Waals surface area contributed by atoms with Crippen LogP contribution in [0.1, 0.15) is 37.1 Å². The maximum Gasteiger partial charge on any atom is 0.0525 e. The summed E-state index contributed by atoms with van der Waals surface area (Å²) in [4.78, 5) is 2.21. The van der Waals surface area contributed by atoms with Crippen molar-refractivity contribution in [2.24, 2.45) is 5.73 Å². The Labute approximate surface area is 126 Å². The second-order valence-corrected chi connectivity index (χ2v) is 5.60. The van der Waals surface area contributed by atoms with Crippen LogP contribution in [0.2, 0.25) is 5.02 Å². The molecule has 1 unspecified atom stereocenters. The van der Waals surface area contributed by atoms with Gasteiger partial charge in [0.1, 0.15) is 0 Å². The standard InChI is InChI=1S/C17H21ClN2/c1-12(19)14-8-10-15(11-9-14)20(3)13(2)16-6-4-5-7-17(16)18/h4-13H,19H2,1-3H3/t12-,13?/m1/s1. The number of benzene rings is 2. The van der Waals surface area contributed by atoms with Crippen LogP contribution in [0.15, 0.2) is 48.5 Å². The van der Waals surface area contributed by atoms with Crippen LogP contribution in [0.5, 0.6) is 0 Å². The Balaban J connectivity index is 2.22. The van der Waals surface area contributed by atoms with Crippen LogP contribution in [-0.4, -0.2) is 7.05 Å². The number of hydrogen-bond donors (Lipinski definition) is 1. The van der Waals surface area contributed by atoms with Crippen molar-refractivity contribution in [2.45, 2.75) is 25.9 Å². The third kappa shape index (κ3) is 3.14. The average molecular weight is 289 g/mol. The number of nitrogens with zero attached hydrogens (tertiary/aromatic N) is 1. The van der Waals surface area contributed by atoms with E-state index in [4.69, 9.17) is 17.3 Å². The fraction of sp³-hybridized carbons (Fsp3) is 0.294. The van der Waals surface area contributed by atoms with Gasteiger partial charge >= 0.3 is 0 Å². The summed E-state index contributed by atoms with van der Waals surface area (Å²) >= 11 is 6.27. The maximum atomic E-state index is 6.27. The van der Waals surface area contributed by atoms with Crippen LogP contribution in [0.25, 0.3) is 0 Å². The summed E-state index contributed by atoms with van der Waals surface area (Å²) in [7, 11) is 2.08. The molecule has 20 heavy (non-hydrogen) atoms. The van der Waals surface area contributed by atoms with Gasteiger partial charge < -0.3 is 10.6 Å². The van der Waals surface area contributed by atoms with E-state index >= 15 is 0 Å². The van der Waals surface area contributed by atoms with Crippen molar-refractivity contribution in [2.75, 3.05) is 11.9 Å². The highest BCUT2D eigenvalue weighted by atomic mass is 35.5. The van der Waals surface area contributed by atoms with Crippen molar-refractivity contribution < 1.29 is 0 Å². The number of halogens is 1. The molecule has 106 valence electrons. The predicted molar refractivity (Wildman–Crippen MR) is 87.3 cm³/mol. The van der Waals surface area contributed by atoms with Crippen molar-refractivity contribution in [1.29, 1.82) is 0 Å². The van der Waals surface area contributed by atoms with E-state index in [0.29, 0.717) is 0 Å². The van der Waals surface area contributed by atoms with E-state index in [9.17, 15) is 0 Å². The quantitative estimate of drug-likeness (QED) is 0.894. The third-order valence-corrected chi connectivity index (χ3v) is 4.11. The Bertz CT molecular complexity index is 563. The summed E-state index contributed by atoms with van der Waals surface area (Å²) in [6.45, 7) is 4.14. The van der Waals surface area contributed by atoms with Gasteiger partial charge in [0.15, 0.2) is 0 Å². The second-order valence-electron chi connectivity index (χ2n) is 5.19. The minimum atomic E-state index is 0.0651. The first-order valence-electron chi connectivity index (χ1n) is 6.83. The molecule has 2 rings (SSSR count). The molecule has 0 radical (unpaired) electrons. The first-order valence-corrected chi connectivity index (χ1v) is 7.21. The van der Waals surface area contributed by atoms with E-state index < -0.39 is 0 Å². The molecule has 2 aromatic carbocycles. The molecular formula is C17H21ClN2. The van der Waals surface area contributed by atoms with Crippen molar-refractivity contribution >= 4 is 17.3 Å². The van der Waals surface area contributed by atoms with Crippen LogP contribution in [0, 0.1) is 0 Å². The molecule has 0 saturated heterocycles. The Kier molecular flexibility index (Phi) is 4.69. The molecule has 0 aliphatic carbocycles. The molecule has 2 nitrogen and oxygen atoms in total. The van der Waals surface area contributed by atoms with Crippen LogP contribution >= 0.6 is 11.6 Å². The fourth-order valence-corrected chi connectivity index (χ4v) is 2.55. The summed E-state index contributed by atoms with van der Waals surface area (Å²) in [6, 6.07) is 16.6. The molecule has 0 amide bonds. The Hall–Kier alpha value is -1.51. The highest BCUT2D eigenvalue weighted by Crippen LogP contribution is 2.30.